The summed E-state index contributed by atoms with van der Waals surface area (Å²) in [5.74, 6) is 0. The van der Waals surface area contributed by atoms with Gasteiger partial charge in [-0.25, -0.2) is 8.78 Å². The van der Waals surface area contributed by atoms with Gasteiger partial charge >= 0.3 is 0 Å². The minimum Gasteiger partial charge on any atom is -0.390 e. The van der Waals surface area contributed by atoms with Crippen molar-refractivity contribution in [2.45, 2.75) is 13.0 Å². The molecule has 2 aromatic carbocycles. The molecule has 0 aliphatic rings. The van der Waals surface area contributed by atoms with E-state index in [1.807, 2.05) is 18.2 Å². The van der Waals surface area contributed by atoms with Gasteiger partial charge in [-0.3, -0.25) is 0 Å². The summed E-state index contributed by atoms with van der Waals surface area (Å²) in [6, 6.07) is 13.0. The fourth-order valence-corrected chi connectivity index (χ4v) is 1.74. The van der Waals surface area contributed by atoms with Gasteiger partial charge in [0, 0.05) is 21.7 Å². The normalized spacial score (nSPS) is 11.2. The van der Waals surface area contributed by atoms with Gasteiger partial charge in [-0.15, -0.1) is 0 Å². The monoisotopic (exact) mass is 294 g/mol. The van der Waals surface area contributed by atoms with Crippen molar-refractivity contribution < 1.29 is 13.6 Å². The van der Waals surface area contributed by atoms with Gasteiger partial charge in [0.05, 0.1) is 0 Å². The SMILES string of the molecule is FC(F)c1cccc(/[C]=N\OCc2ccccc2Cl)c1. The van der Waals surface area contributed by atoms with Crippen molar-refractivity contribution in [1.29, 1.82) is 0 Å². The number of alkyl halides is 2. The average molecular weight is 295 g/mol. The predicted molar refractivity (Wildman–Crippen MR) is 74.2 cm³/mol. The zero-order chi connectivity index (χ0) is 14.4. The largest absolute Gasteiger partial charge is 0.390 e. The predicted octanol–water partition coefficient (Wildman–Crippen LogP) is 4.71. The molecular weight excluding hydrogens is 284 g/mol. The van der Waals surface area contributed by atoms with E-state index < -0.39 is 6.43 Å². The van der Waals surface area contributed by atoms with Crippen LogP contribution in [0.1, 0.15) is 23.1 Å². The van der Waals surface area contributed by atoms with Crippen LogP contribution in [-0.2, 0) is 11.4 Å². The molecule has 2 nitrogen and oxygen atoms in total. The third kappa shape index (κ3) is 4.03. The second kappa shape index (κ2) is 7.01. The third-order valence-electron chi connectivity index (χ3n) is 2.56. The van der Waals surface area contributed by atoms with Crippen LogP contribution >= 0.6 is 11.6 Å². The van der Waals surface area contributed by atoms with Gasteiger partial charge in [0.2, 0.25) is 0 Å². The van der Waals surface area contributed by atoms with Crippen molar-refractivity contribution in [2.75, 3.05) is 0 Å². The number of rotatable bonds is 5. The van der Waals surface area contributed by atoms with Gasteiger partial charge in [-0.2, -0.15) is 0 Å². The highest BCUT2D eigenvalue weighted by Crippen LogP contribution is 2.19. The molecule has 0 bridgehead atoms. The smallest absolute Gasteiger partial charge is 0.263 e. The number of hydrogen-bond donors (Lipinski definition) is 0. The Balaban J connectivity index is 1.94. The molecule has 1 radical (unpaired) electrons. The van der Waals surface area contributed by atoms with Gasteiger partial charge in [0.25, 0.3) is 6.43 Å². The van der Waals surface area contributed by atoms with Crippen molar-refractivity contribution >= 4 is 17.8 Å². The summed E-state index contributed by atoms with van der Waals surface area (Å²) in [6.45, 7) is 0.196. The van der Waals surface area contributed by atoms with Crippen molar-refractivity contribution in [3.63, 3.8) is 0 Å². The summed E-state index contributed by atoms with van der Waals surface area (Å²) in [5.41, 5.74) is 1.15. The highest BCUT2D eigenvalue weighted by atomic mass is 35.5. The van der Waals surface area contributed by atoms with E-state index in [2.05, 4.69) is 11.4 Å². The lowest BCUT2D eigenvalue weighted by molar-refractivity contribution is 0.132. The van der Waals surface area contributed by atoms with Crippen LogP contribution in [0.15, 0.2) is 53.7 Å². The van der Waals surface area contributed by atoms with Crippen LogP contribution in [0.2, 0.25) is 5.02 Å². The molecular formula is C15H11ClF2NO. The quantitative estimate of drug-likeness (QED) is 0.578. The van der Waals surface area contributed by atoms with E-state index in [0.717, 1.165) is 5.56 Å². The summed E-state index contributed by atoms with van der Waals surface area (Å²) in [7, 11) is 0. The first-order valence-electron chi connectivity index (χ1n) is 5.86. The fourth-order valence-electron chi connectivity index (χ4n) is 1.55. The maximum atomic E-state index is 12.5. The Morgan fingerprint density at radius 3 is 2.70 bits per heavy atom. The van der Waals surface area contributed by atoms with Crippen LogP contribution in [0.25, 0.3) is 0 Å². The third-order valence-corrected chi connectivity index (χ3v) is 2.92. The van der Waals surface area contributed by atoms with E-state index >= 15 is 0 Å². The summed E-state index contributed by atoms with van der Waals surface area (Å²) < 4.78 is 25.0. The van der Waals surface area contributed by atoms with Crippen molar-refractivity contribution in [3.8, 4) is 0 Å². The molecule has 0 fully saturated rings. The lowest BCUT2D eigenvalue weighted by atomic mass is 10.1. The summed E-state index contributed by atoms with van der Waals surface area (Å²) in [4.78, 5) is 5.05. The molecule has 5 heteroatoms. The van der Waals surface area contributed by atoms with Crippen molar-refractivity contribution in [2.24, 2.45) is 5.16 Å². The van der Waals surface area contributed by atoms with E-state index in [1.54, 1.807) is 12.1 Å². The lowest BCUT2D eigenvalue weighted by Gasteiger charge is -2.02. The number of nitrogens with zero attached hydrogens (tertiary/aromatic N) is 1. The number of hydrogen-bond acceptors (Lipinski definition) is 2. The highest BCUT2D eigenvalue weighted by molar-refractivity contribution is 6.31. The first-order chi connectivity index (χ1) is 9.66. The minimum absolute atomic E-state index is 0.0729. The van der Waals surface area contributed by atoms with E-state index in [1.165, 1.54) is 18.2 Å². The van der Waals surface area contributed by atoms with Gasteiger partial charge < -0.3 is 4.84 Å². The fraction of sp³-hybridized carbons (Fsp3) is 0.133. The second-order valence-corrected chi connectivity index (χ2v) is 4.40. The standard InChI is InChI=1S/C15H11ClF2NO/c16-14-7-2-1-5-13(14)10-20-19-9-11-4-3-6-12(8-11)15(17)18/h1-8,15H,10H2. The average Bonchev–Trinajstić information content (AvgIpc) is 2.45. The van der Waals surface area contributed by atoms with E-state index in [0.29, 0.717) is 10.6 Å². The van der Waals surface area contributed by atoms with Gasteiger partial charge in [0.15, 0.2) is 0 Å². The maximum absolute atomic E-state index is 12.5. The Morgan fingerprint density at radius 2 is 1.95 bits per heavy atom. The number of benzene rings is 2. The molecule has 0 heterocycles. The molecule has 20 heavy (non-hydrogen) atoms. The zero-order valence-electron chi connectivity index (χ0n) is 10.4. The van der Waals surface area contributed by atoms with Gasteiger partial charge in [-0.1, -0.05) is 53.2 Å². The van der Waals surface area contributed by atoms with E-state index in [9.17, 15) is 8.78 Å². The topological polar surface area (TPSA) is 21.6 Å². The summed E-state index contributed by atoms with van der Waals surface area (Å²) >= 11 is 5.95. The molecule has 0 unspecified atom stereocenters. The van der Waals surface area contributed by atoms with Crippen LogP contribution in [0.5, 0.6) is 0 Å². The molecule has 0 spiro atoms. The number of halogens is 3. The summed E-state index contributed by atoms with van der Waals surface area (Å²) in [6.07, 6.45) is 0.0428. The minimum atomic E-state index is -2.51. The highest BCUT2D eigenvalue weighted by Gasteiger charge is 2.06. The first-order valence-corrected chi connectivity index (χ1v) is 6.24. The Labute approximate surface area is 120 Å². The Kier molecular flexibility index (Phi) is 5.07. The molecule has 0 aliphatic heterocycles. The van der Waals surface area contributed by atoms with Gasteiger partial charge in [-0.05, 0) is 12.1 Å². The van der Waals surface area contributed by atoms with Crippen molar-refractivity contribution in [1.82, 2.24) is 0 Å². The molecule has 2 aromatic rings. The zero-order valence-corrected chi connectivity index (χ0v) is 11.1. The van der Waals surface area contributed by atoms with Crippen LogP contribution in [-0.4, -0.2) is 6.21 Å². The lowest BCUT2D eigenvalue weighted by Crippen LogP contribution is -1.90. The summed E-state index contributed by atoms with van der Waals surface area (Å²) in [5, 5.41) is 4.21. The first kappa shape index (κ1) is 14.5. The van der Waals surface area contributed by atoms with Crippen LogP contribution in [0, 0.1) is 0 Å². The molecule has 0 saturated carbocycles. The maximum Gasteiger partial charge on any atom is 0.263 e. The van der Waals surface area contributed by atoms with Gasteiger partial charge in [0.1, 0.15) is 12.8 Å². The Bertz CT molecular complexity index is 602. The van der Waals surface area contributed by atoms with Crippen molar-refractivity contribution in [3.05, 3.63) is 70.2 Å². The molecule has 0 saturated heterocycles. The molecule has 0 atom stereocenters. The molecule has 0 aliphatic carbocycles. The Morgan fingerprint density at radius 1 is 1.15 bits per heavy atom. The molecule has 0 aromatic heterocycles. The molecule has 2 rings (SSSR count). The van der Waals surface area contributed by atoms with Crippen LogP contribution < -0.4 is 0 Å². The molecule has 103 valence electrons. The van der Waals surface area contributed by atoms with E-state index in [4.69, 9.17) is 16.4 Å². The molecule has 0 amide bonds. The van der Waals surface area contributed by atoms with Crippen LogP contribution in [0.4, 0.5) is 8.78 Å². The van der Waals surface area contributed by atoms with Crippen LogP contribution in [0.3, 0.4) is 0 Å². The second-order valence-electron chi connectivity index (χ2n) is 3.99. The Hall–Kier alpha value is -1.94. The molecule has 0 N–H and O–H groups in total. The van der Waals surface area contributed by atoms with E-state index in [-0.39, 0.29) is 12.2 Å².